The summed E-state index contributed by atoms with van der Waals surface area (Å²) in [6.07, 6.45) is 0. The van der Waals surface area contributed by atoms with Gasteiger partial charge in [0.15, 0.2) is 0 Å². The molecule has 102 valence electrons. The maximum Gasteiger partial charge on any atom is 0.299 e. The third-order valence-electron chi connectivity index (χ3n) is 3.17. The van der Waals surface area contributed by atoms with E-state index in [2.05, 4.69) is 4.98 Å². The molecule has 1 aromatic heterocycles. The van der Waals surface area contributed by atoms with Gasteiger partial charge in [0.2, 0.25) is 0 Å². The monoisotopic (exact) mass is 288 g/mol. The molecule has 0 radical (unpaired) electrons. The van der Waals surface area contributed by atoms with Crippen molar-refractivity contribution in [3.63, 3.8) is 0 Å². The van der Waals surface area contributed by atoms with Gasteiger partial charge in [0, 0.05) is 11.4 Å². The van der Waals surface area contributed by atoms with Gasteiger partial charge in [0.25, 0.3) is 11.7 Å². The number of Topliss-reactive ketones (excluding diaryl/α,β-unsaturated/α-hetero) is 1. The second kappa shape index (κ2) is 4.72. The zero-order valence-electron chi connectivity index (χ0n) is 11.0. The molecule has 0 aliphatic carbocycles. The van der Waals surface area contributed by atoms with Crippen molar-refractivity contribution in [2.45, 2.75) is 13.5 Å². The number of ether oxygens (including phenoxy) is 1. The maximum atomic E-state index is 12.1. The number of methoxy groups -OCH3 is 1. The fourth-order valence-electron chi connectivity index (χ4n) is 2.20. The summed E-state index contributed by atoms with van der Waals surface area (Å²) in [5.41, 5.74) is 1.79. The molecule has 1 aliphatic rings. The van der Waals surface area contributed by atoms with Crippen LogP contribution in [0.1, 0.15) is 21.1 Å². The van der Waals surface area contributed by atoms with Crippen LogP contribution in [0.2, 0.25) is 0 Å². The van der Waals surface area contributed by atoms with Crippen LogP contribution in [0.25, 0.3) is 0 Å². The second-order valence-electron chi connectivity index (χ2n) is 4.46. The zero-order valence-corrected chi connectivity index (χ0v) is 11.9. The van der Waals surface area contributed by atoms with Crippen molar-refractivity contribution in [1.29, 1.82) is 0 Å². The molecule has 1 aliphatic heterocycles. The molecule has 1 amide bonds. The van der Waals surface area contributed by atoms with Gasteiger partial charge in [-0.15, -0.1) is 11.3 Å². The van der Waals surface area contributed by atoms with Gasteiger partial charge in [-0.1, -0.05) is 0 Å². The number of hydrogen-bond acceptors (Lipinski definition) is 5. The van der Waals surface area contributed by atoms with Crippen LogP contribution in [0.3, 0.4) is 0 Å². The molecule has 0 atom stereocenters. The average molecular weight is 288 g/mol. The molecule has 3 rings (SSSR count). The van der Waals surface area contributed by atoms with Gasteiger partial charge in [0.1, 0.15) is 5.75 Å². The number of aromatic nitrogens is 1. The van der Waals surface area contributed by atoms with Gasteiger partial charge in [-0.25, -0.2) is 4.98 Å². The molecular formula is C14H12N2O3S. The third kappa shape index (κ3) is 1.98. The number of carbonyl (C=O) groups excluding carboxylic acids is 2. The summed E-state index contributed by atoms with van der Waals surface area (Å²) >= 11 is 1.52. The molecule has 0 saturated heterocycles. The van der Waals surface area contributed by atoms with Crippen molar-refractivity contribution < 1.29 is 14.3 Å². The fourth-order valence-corrected chi connectivity index (χ4v) is 2.80. The number of anilines is 1. The van der Waals surface area contributed by atoms with E-state index in [1.165, 1.54) is 16.2 Å². The van der Waals surface area contributed by atoms with Crippen LogP contribution < -0.4 is 9.64 Å². The Kier molecular flexibility index (Phi) is 3.02. The lowest BCUT2D eigenvalue weighted by atomic mass is 10.1. The highest BCUT2D eigenvalue weighted by molar-refractivity contribution is 7.09. The molecule has 0 N–H and O–H groups in total. The van der Waals surface area contributed by atoms with Gasteiger partial charge in [-0.3, -0.25) is 14.5 Å². The Labute approximate surface area is 119 Å². The van der Waals surface area contributed by atoms with E-state index in [-0.39, 0.29) is 0 Å². The minimum atomic E-state index is -0.515. The van der Waals surface area contributed by atoms with E-state index in [1.807, 2.05) is 12.3 Å². The van der Waals surface area contributed by atoms with E-state index in [0.717, 1.165) is 10.7 Å². The van der Waals surface area contributed by atoms with E-state index in [9.17, 15) is 9.59 Å². The quantitative estimate of drug-likeness (QED) is 0.812. The summed E-state index contributed by atoms with van der Waals surface area (Å²) in [6.45, 7) is 2.21. The fraction of sp³-hybridized carbons (Fsp3) is 0.214. The number of fused-ring (bicyclic) bond motifs is 1. The normalized spacial score (nSPS) is 13.8. The number of rotatable bonds is 3. The highest BCUT2D eigenvalue weighted by Gasteiger charge is 2.36. The van der Waals surface area contributed by atoms with Gasteiger partial charge in [-0.05, 0) is 19.1 Å². The van der Waals surface area contributed by atoms with Gasteiger partial charge in [-0.2, -0.15) is 0 Å². The Morgan fingerprint density at radius 3 is 2.80 bits per heavy atom. The first kappa shape index (κ1) is 12.8. The Hall–Kier alpha value is -2.21. The molecular weight excluding hydrogens is 276 g/mol. The first-order chi connectivity index (χ1) is 9.60. The van der Waals surface area contributed by atoms with E-state index < -0.39 is 11.7 Å². The number of hydrogen-bond donors (Lipinski definition) is 0. The van der Waals surface area contributed by atoms with Crippen LogP contribution in [0, 0.1) is 6.92 Å². The number of benzene rings is 1. The smallest absolute Gasteiger partial charge is 0.299 e. The lowest BCUT2D eigenvalue weighted by Gasteiger charge is -2.15. The van der Waals surface area contributed by atoms with Crippen LogP contribution in [-0.4, -0.2) is 23.8 Å². The topological polar surface area (TPSA) is 59.5 Å². The molecule has 0 spiro atoms. The molecule has 2 aromatic rings. The maximum absolute atomic E-state index is 12.1. The molecule has 6 heteroatoms. The minimum Gasteiger partial charge on any atom is -0.497 e. The SMILES string of the molecule is COc1ccc2c(c1)N(Cc1csc(C)n1)C(=O)C2=O. The minimum absolute atomic E-state index is 0.301. The second-order valence-corrected chi connectivity index (χ2v) is 5.52. The first-order valence-corrected chi connectivity index (χ1v) is 6.93. The summed E-state index contributed by atoms with van der Waals surface area (Å²) < 4.78 is 5.15. The van der Waals surface area contributed by atoms with Crippen molar-refractivity contribution >= 4 is 28.7 Å². The summed E-state index contributed by atoms with van der Waals surface area (Å²) in [5.74, 6) is -0.376. The molecule has 0 bridgehead atoms. The average Bonchev–Trinajstić information content (AvgIpc) is 2.96. The van der Waals surface area contributed by atoms with Crippen LogP contribution in [0.5, 0.6) is 5.75 Å². The predicted octanol–water partition coefficient (Wildman–Crippen LogP) is 2.19. The van der Waals surface area contributed by atoms with Crippen molar-refractivity contribution in [3.8, 4) is 5.75 Å². The van der Waals surface area contributed by atoms with E-state index >= 15 is 0 Å². The van der Waals surface area contributed by atoms with Crippen LogP contribution >= 0.6 is 11.3 Å². The van der Waals surface area contributed by atoms with Crippen molar-refractivity contribution in [1.82, 2.24) is 4.98 Å². The summed E-state index contributed by atoms with van der Waals surface area (Å²) in [4.78, 5) is 29.8. The third-order valence-corrected chi connectivity index (χ3v) is 3.99. The number of thiazole rings is 1. The first-order valence-electron chi connectivity index (χ1n) is 6.05. The van der Waals surface area contributed by atoms with Crippen molar-refractivity contribution in [2.75, 3.05) is 12.0 Å². The van der Waals surface area contributed by atoms with E-state index in [4.69, 9.17) is 4.74 Å². The predicted molar refractivity (Wildman–Crippen MR) is 75.4 cm³/mol. The summed E-state index contributed by atoms with van der Waals surface area (Å²) in [7, 11) is 1.55. The number of carbonyl (C=O) groups is 2. The Morgan fingerprint density at radius 2 is 2.15 bits per heavy atom. The van der Waals surface area contributed by atoms with Gasteiger partial charge in [0.05, 0.1) is 35.6 Å². The number of amides is 1. The van der Waals surface area contributed by atoms with Crippen molar-refractivity contribution in [2.24, 2.45) is 0 Å². The highest BCUT2D eigenvalue weighted by Crippen LogP contribution is 2.33. The van der Waals surface area contributed by atoms with Crippen LogP contribution in [0.4, 0.5) is 5.69 Å². The molecule has 2 heterocycles. The number of ketones is 1. The Balaban J connectivity index is 2.00. The Bertz CT molecular complexity index is 708. The van der Waals surface area contributed by atoms with Gasteiger partial charge < -0.3 is 4.74 Å². The number of aryl methyl sites for hydroxylation is 1. The molecule has 5 nitrogen and oxygen atoms in total. The molecule has 1 aromatic carbocycles. The van der Waals surface area contributed by atoms with Crippen LogP contribution in [-0.2, 0) is 11.3 Å². The Morgan fingerprint density at radius 1 is 1.35 bits per heavy atom. The largest absolute Gasteiger partial charge is 0.497 e. The van der Waals surface area contributed by atoms with Gasteiger partial charge >= 0.3 is 0 Å². The molecule has 20 heavy (non-hydrogen) atoms. The zero-order chi connectivity index (χ0) is 14.3. The van der Waals surface area contributed by atoms with E-state index in [0.29, 0.717) is 23.5 Å². The molecule has 0 saturated carbocycles. The molecule has 0 unspecified atom stereocenters. The van der Waals surface area contributed by atoms with Crippen molar-refractivity contribution in [3.05, 3.63) is 39.8 Å². The number of nitrogens with zero attached hydrogens (tertiary/aromatic N) is 2. The van der Waals surface area contributed by atoms with Crippen LogP contribution in [0.15, 0.2) is 23.6 Å². The lowest BCUT2D eigenvalue weighted by Crippen LogP contribution is -2.29. The summed E-state index contributed by atoms with van der Waals surface area (Å²) in [6, 6.07) is 5.01. The summed E-state index contributed by atoms with van der Waals surface area (Å²) in [5, 5.41) is 2.83. The lowest BCUT2D eigenvalue weighted by molar-refractivity contribution is -0.114. The highest BCUT2D eigenvalue weighted by atomic mass is 32.1. The van der Waals surface area contributed by atoms with E-state index in [1.54, 1.807) is 25.3 Å². The molecule has 0 fully saturated rings. The standard InChI is InChI=1S/C14H12N2O3S/c1-8-15-9(7-20-8)6-16-12-5-10(19-2)3-4-11(12)13(17)14(16)18/h3-5,7H,6H2,1-2H3.